The van der Waals surface area contributed by atoms with E-state index in [0.29, 0.717) is 0 Å². The van der Waals surface area contributed by atoms with Crippen molar-refractivity contribution < 1.29 is 61.5 Å². The molecule has 0 nitrogen and oxygen atoms in total. The van der Waals surface area contributed by atoms with E-state index in [2.05, 4.69) is 0 Å². The van der Waals surface area contributed by atoms with Crippen LogP contribution in [0.1, 0.15) is 0 Å². The van der Waals surface area contributed by atoms with Gasteiger partial charge in [-0.15, -0.1) is 0 Å². The van der Waals surface area contributed by atoms with Crippen LogP contribution in [0.15, 0.2) is 0 Å². The molecule has 0 saturated heterocycles. The minimum atomic E-state index is -7.40. The summed E-state index contributed by atoms with van der Waals surface area (Å²) < 4.78 is 176. The molecular weight excluding hydrogens is 362 g/mol. The van der Waals surface area contributed by atoms with E-state index in [1.54, 1.807) is 0 Å². The van der Waals surface area contributed by atoms with Gasteiger partial charge in [-0.05, 0) is 0 Å². The maximum absolute atomic E-state index is 13.0. The molecule has 22 heavy (non-hydrogen) atoms. The summed E-state index contributed by atoms with van der Waals surface area (Å²) >= 11 is 0. The monoisotopic (exact) mass is 364 g/mol. The predicted octanol–water partition coefficient (Wildman–Crippen LogP) is 4.90. The molecule has 1 aliphatic rings. The van der Waals surface area contributed by atoms with Crippen molar-refractivity contribution in [2.75, 3.05) is 0 Å². The van der Waals surface area contributed by atoms with Crippen molar-refractivity contribution in [3.8, 4) is 0 Å². The summed E-state index contributed by atoms with van der Waals surface area (Å²) in [4.78, 5) is 0. The second-order valence-electron chi connectivity index (χ2n) is 4.41. The first-order valence-corrected chi connectivity index (χ1v) is 4.86. The van der Waals surface area contributed by atoms with Crippen LogP contribution in [-0.2, 0) is 0 Å². The Morgan fingerprint density at radius 1 is 0.409 bits per heavy atom. The number of hydrogen-bond acceptors (Lipinski definition) is 0. The average Bonchev–Trinajstić information content (AvgIpc) is 2.15. The first kappa shape index (κ1) is 19.1. The maximum Gasteiger partial charge on any atom is 0.407 e. The van der Waals surface area contributed by atoms with Crippen LogP contribution in [0.25, 0.3) is 0 Å². The van der Waals surface area contributed by atoms with Crippen LogP contribution in [0, 0.1) is 10.8 Å². The molecule has 1 rings (SSSR count). The molecule has 1 fully saturated rings. The van der Waals surface area contributed by atoms with Crippen molar-refractivity contribution in [2.45, 2.75) is 37.0 Å². The van der Waals surface area contributed by atoms with Crippen LogP contribution in [-0.4, -0.2) is 37.0 Å². The summed E-state index contributed by atoms with van der Waals surface area (Å²) in [7, 11) is 0. The van der Waals surface area contributed by atoms with E-state index in [4.69, 9.17) is 0 Å². The van der Waals surface area contributed by atoms with Crippen LogP contribution in [0.3, 0.4) is 0 Å². The smallest absolute Gasteiger partial charge is 0.243 e. The van der Waals surface area contributed by atoms with Crippen LogP contribution >= 0.6 is 0 Å². The normalized spacial score (nSPS) is 29.2. The van der Waals surface area contributed by atoms with Gasteiger partial charge in [-0.2, -0.15) is 52.7 Å². The van der Waals surface area contributed by atoms with E-state index < -0.39 is 47.9 Å². The van der Waals surface area contributed by atoms with Crippen molar-refractivity contribution in [3.63, 3.8) is 0 Å². The standard InChI is InChI=1S/C8H2F14/c9-1-2(10)4(7(17,18)19,8(20,21)22)3(1,5(11,12)13)6(14,15)16/h1-2H. The molecule has 0 aliphatic heterocycles. The molecule has 0 spiro atoms. The van der Waals surface area contributed by atoms with E-state index in [-0.39, 0.29) is 0 Å². The van der Waals surface area contributed by atoms with Gasteiger partial charge in [0.15, 0.2) is 12.3 Å². The lowest BCUT2D eigenvalue weighted by Crippen LogP contribution is -2.87. The van der Waals surface area contributed by atoms with Crippen molar-refractivity contribution >= 4 is 0 Å². The SMILES string of the molecule is FC1C(F)C(C(F)(F)F)(C(F)(F)F)C1(C(F)(F)F)C(F)(F)F. The summed E-state index contributed by atoms with van der Waals surface area (Å²) in [6.07, 6.45) is -39.8. The summed E-state index contributed by atoms with van der Waals surface area (Å²) in [5, 5.41) is 0. The Bertz CT molecular complexity index is 362. The maximum atomic E-state index is 13.0. The van der Waals surface area contributed by atoms with Gasteiger partial charge in [-0.3, -0.25) is 0 Å². The molecule has 0 N–H and O–H groups in total. The molecule has 0 amide bonds. The lowest BCUT2D eigenvalue weighted by Gasteiger charge is -2.62. The fourth-order valence-electron chi connectivity index (χ4n) is 2.62. The molecule has 132 valence electrons. The van der Waals surface area contributed by atoms with Crippen LogP contribution in [0.2, 0.25) is 0 Å². The number of halogens is 14. The molecule has 0 aromatic carbocycles. The Hall–Kier alpha value is -0.980. The van der Waals surface area contributed by atoms with Gasteiger partial charge in [-0.25, -0.2) is 8.78 Å². The minimum Gasteiger partial charge on any atom is -0.243 e. The minimum absolute atomic E-state index is 5.12. The van der Waals surface area contributed by atoms with E-state index in [9.17, 15) is 61.5 Å². The van der Waals surface area contributed by atoms with Gasteiger partial charge in [-0.1, -0.05) is 0 Å². The summed E-state index contributed by atoms with van der Waals surface area (Å²) in [6, 6.07) is 0. The fourth-order valence-corrected chi connectivity index (χ4v) is 2.62. The third-order valence-electron chi connectivity index (χ3n) is 3.49. The van der Waals surface area contributed by atoms with Crippen molar-refractivity contribution in [1.82, 2.24) is 0 Å². The molecule has 2 atom stereocenters. The average molecular weight is 364 g/mol. The molecule has 0 aromatic rings. The second kappa shape index (κ2) is 4.30. The molecule has 1 aliphatic carbocycles. The van der Waals surface area contributed by atoms with E-state index in [1.807, 2.05) is 0 Å². The number of hydrogen-bond donors (Lipinski definition) is 0. The van der Waals surface area contributed by atoms with Gasteiger partial charge in [0, 0.05) is 0 Å². The van der Waals surface area contributed by atoms with Gasteiger partial charge in [0.25, 0.3) is 0 Å². The lowest BCUT2D eigenvalue weighted by atomic mass is 9.44. The first-order valence-electron chi connectivity index (χ1n) is 4.86. The fraction of sp³-hybridized carbons (Fsp3) is 1.00. The molecular formula is C8H2F14. The topological polar surface area (TPSA) is 0 Å². The largest absolute Gasteiger partial charge is 0.407 e. The Balaban J connectivity index is 3.97. The highest BCUT2D eigenvalue weighted by Gasteiger charge is 3.05. The van der Waals surface area contributed by atoms with E-state index >= 15 is 0 Å². The first-order chi connectivity index (χ1) is 9.32. The van der Waals surface area contributed by atoms with Gasteiger partial charge < -0.3 is 0 Å². The molecule has 0 aromatic heterocycles. The van der Waals surface area contributed by atoms with Gasteiger partial charge in [0.2, 0.25) is 10.8 Å². The zero-order chi connectivity index (χ0) is 18.2. The van der Waals surface area contributed by atoms with E-state index in [1.165, 1.54) is 0 Å². The molecule has 2 unspecified atom stereocenters. The predicted molar refractivity (Wildman–Crippen MR) is 38.9 cm³/mol. The van der Waals surface area contributed by atoms with Gasteiger partial charge in [0.05, 0.1) is 0 Å². The van der Waals surface area contributed by atoms with Crippen molar-refractivity contribution in [2.24, 2.45) is 10.8 Å². The van der Waals surface area contributed by atoms with Crippen molar-refractivity contribution in [1.29, 1.82) is 0 Å². The van der Waals surface area contributed by atoms with Crippen LogP contribution < -0.4 is 0 Å². The lowest BCUT2D eigenvalue weighted by molar-refractivity contribution is -0.540. The van der Waals surface area contributed by atoms with Crippen LogP contribution in [0.5, 0.6) is 0 Å². The second-order valence-corrected chi connectivity index (χ2v) is 4.41. The zero-order valence-corrected chi connectivity index (χ0v) is 9.45. The zero-order valence-electron chi connectivity index (χ0n) is 9.45. The Kier molecular flexibility index (Phi) is 3.73. The summed E-state index contributed by atoms with van der Waals surface area (Å²) in [6.45, 7) is 0. The Morgan fingerprint density at radius 3 is 0.636 bits per heavy atom. The van der Waals surface area contributed by atoms with Crippen molar-refractivity contribution in [3.05, 3.63) is 0 Å². The van der Waals surface area contributed by atoms with Gasteiger partial charge >= 0.3 is 24.7 Å². The van der Waals surface area contributed by atoms with E-state index in [0.717, 1.165) is 0 Å². The quantitative estimate of drug-likeness (QED) is 0.537. The third-order valence-corrected chi connectivity index (χ3v) is 3.49. The molecule has 0 heterocycles. The molecule has 1 saturated carbocycles. The molecule has 0 bridgehead atoms. The number of rotatable bonds is 0. The highest BCUT2D eigenvalue weighted by molar-refractivity contribution is 5.29. The van der Waals surface area contributed by atoms with Crippen LogP contribution in [0.4, 0.5) is 61.5 Å². The molecule has 14 heteroatoms. The summed E-state index contributed by atoms with van der Waals surface area (Å²) in [5.41, 5.74) is -14.0. The highest BCUT2D eigenvalue weighted by Crippen LogP contribution is 2.80. The third kappa shape index (κ3) is 1.71. The highest BCUT2D eigenvalue weighted by atomic mass is 19.4. The Labute approximate surface area is 111 Å². The molecule has 0 radical (unpaired) electrons. The number of alkyl halides is 14. The Morgan fingerprint density at radius 2 is 0.545 bits per heavy atom. The summed E-state index contributed by atoms with van der Waals surface area (Å²) in [5.74, 6) is 0. The van der Waals surface area contributed by atoms with Gasteiger partial charge in [0.1, 0.15) is 0 Å².